The lowest BCUT2D eigenvalue weighted by Gasteiger charge is -2.19. The molecule has 0 aromatic heterocycles. The zero-order chi connectivity index (χ0) is 27.9. The lowest BCUT2D eigenvalue weighted by atomic mass is 10.00. The third-order valence-electron chi connectivity index (χ3n) is 6.71. The maximum absolute atomic E-state index is 12.6. The van der Waals surface area contributed by atoms with Gasteiger partial charge in [0.25, 0.3) is 0 Å². The van der Waals surface area contributed by atoms with Crippen LogP contribution in [-0.2, 0) is 11.2 Å². The van der Waals surface area contributed by atoms with Crippen molar-refractivity contribution in [1.82, 2.24) is 10.6 Å². The first kappa shape index (κ1) is 29.7. The van der Waals surface area contributed by atoms with Gasteiger partial charge in [-0.3, -0.25) is 9.69 Å². The number of nitrogens with zero attached hydrogens (tertiary/aromatic N) is 1. The summed E-state index contributed by atoms with van der Waals surface area (Å²) in [7, 11) is 1.78. The summed E-state index contributed by atoms with van der Waals surface area (Å²) in [5, 5.41) is 15.8. The molecular formula is C33H41N3O3. The van der Waals surface area contributed by atoms with E-state index in [4.69, 9.17) is 0 Å². The number of carboxylic acid groups (broad SMARTS) is 1. The van der Waals surface area contributed by atoms with Gasteiger partial charge < -0.3 is 15.7 Å². The Bertz CT molecular complexity index is 1190. The fourth-order valence-electron chi connectivity index (χ4n) is 4.34. The van der Waals surface area contributed by atoms with Crippen LogP contribution in [0, 0.1) is 0 Å². The number of anilines is 1. The highest BCUT2D eigenvalue weighted by Gasteiger charge is 2.17. The van der Waals surface area contributed by atoms with Crippen LogP contribution in [0.25, 0.3) is 17.2 Å². The fraction of sp³-hybridized carbons (Fsp3) is 0.333. The zero-order valence-corrected chi connectivity index (χ0v) is 23.1. The van der Waals surface area contributed by atoms with E-state index in [1.165, 1.54) is 19.3 Å². The van der Waals surface area contributed by atoms with Crippen molar-refractivity contribution in [2.24, 2.45) is 0 Å². The van der Waals surface area contributed by atoms with Gasteiger partial charge >= 0.3 is 12.0 Å². The summed E-state index contributed by atoms with van der Waals surface area (Å²) < 4.78 is 0. The smallest absolute Gasteiger partial charge is 0.321 e. The number of urea groups is 1. The Balaban J connectivity index is 1.54. The third kappa shape index (κ3) is 10.1. The van der Waals surface area contributed by atoms with Crippen molar-refractivity contribution in [3.8, 4) is 11.1 Å². The second-order valence-electron chi connectivity index (χ2n) is 9.77. The third-order valence-corrected chi connectivity index (χ3v) is 6.71. The van der Waals surface area contributed by atoms with E-state index in [9.17, 15) is 14.7 Å². The number of nitrogens with one attached hydrogen (secondary N) is 2. The van der Waals surface area contributed by atoms with E-state index in [2.05, 4.69) is 17.6 Å². The van der Waals surface area contributed by atoms with Crippen LogP contribution in [0.3, 0.4) is 0 Å². The number of amides is 2. The van der Waals surface area contributed by atoms with Gasteiger partial charge in [-0.1, -0.05) is 111 Å². The molecule has 6 heteroatoms. The highest BCUT2D eigenvalue weighted by atomic mass is 16.4. The Kier molecular flexibility index (Phi) is 12.3. The first-order valence-electron chi connectivity index (χ1n) is 13.9. The fourth-order valence-corrected chi connectivity index (χ4v) is 4.34. The molecule has 0 radical (unpaired) electrons. The van der Waals surface area contributed by atoms with Gasteiger partial charge in [0, 0.05) is 25.8 Å². The Morgan fingerprint density at radius 2 is 1.64 bits per heavy atom. The van der Waals surface area contributed by atoms with Gasteiger partial charge in [0.15, 0.2) is 0 Å². The highest BCUT2D eigenvalue weighted by molar-refractivity contribution is 5.92. The number of benzene rings is 3. The van der Waals surface area contributed by atoms with Crippen LogP contribution in [-0.4, -0.2) is 43.3 Å². The highest BCUT2D eigenvalue weighted by Crippen LogP contribution is 2.25. The molecule has 0 heterocycles. The summed E-state index contributed by atoms with van der Waals surface area (Å²) in [6.45, 7) is 3.35. The molecule has 0 spiro atoms. The molecule has 0 aliphatic rings. The van der Waals surface area contributed by atoms with E-state index < -0.39 is 12.0 Å². The van der Waals surface area contributed by atoms with Crippen LogP contribution in [0.5, 0.6) is 0 Å². The van der Waals surface area contributed by atoms with Crippen LogP contribution in [0.15, 0.2) is 84.9 Å². The molecular weight excluding hydrogens is 486 g/mol. The van der Waals surface area contributed by atoms with Crippen molar-refractivity contribution in [3.63, 3.8) is 0 Å². The Hall–Kier alpha value is -3.90. The summed E-state index contributed by atoms with van der Waals surface area (Å²) in [4.78, 5) is 26.1. The van der Waals surface area contributed by atoms with Crippen molar-refractivity contribution in [2.45, 2.75) is 51.5 Å². The molecule has 206 valence electrons. The van der Waals surface area contributed by atoms with Crippen LogP contribution >= 0.6 is 0 Å². The average Bonchev–Trinajstić information content (AvgIpc) is 2.96. The lowest BCUT2D eigenvalue weighted by Crippen LogP contribution is -2.38. The molecule has 0 saturated carbocycles. The van der Waals surface area contributed by atoms with Crippen LogP contribution in [0.1, 0.15) is 50.2 Å². The Morgan fingerprint density at radius 1 is 0.897 bits per heavy atom. The molecule has 6 nitrogen and oxygen atoms in total. The van der Waals surface area contributed by atoms with Crippen LogP contribution < -0.4 is 15.5 Å². The van der Waals surface area contributed by atoms with Gasteiger partial charge in [0.2, 0.25) is 0 Å². The maximum atomic E-state index is 12.6. The summed E-state index contributed by atoms with van der Waals surface area (Å²) >= 11 is 0. The topological polar surface area (TPSA) is 81.7 Å². The van der Waals surface area contributed by atoms with E-state index >= 15 is 0 Å². The minimum Gasteiger partial charge on any atom is -0.480 e. The number of hydrogen-bond acceptors (Lipinski definition) is 3. The zero-order valence-electron chi connectivity index (χ0n) is 23.1. The average molecular weight is 528 g/mol. The van der Waals surface area contributed by atoms with Crippen LogP contribution in [0.4, 0.5) is 10.5 Å². The largest absolute Gasteiger partial charge is 0.480 e. The second kappa shape index (κ2) is 16.1. The maximum Gasteiger partial charge on any atom is 0.321 e. The van der Waals surface area contributed by atoms with Gasteiger partial charge in [-0.25, -0.2) is 4.79 Å². The summed E-state index contributed by atoms with van der Waals surface area (Å²) in [5.74, 6) is -0.873. The van der Waals surface area contributed by atoms with Crippen molar-refractivity contribution in [1.29, 1.82) is 0 Å². The monoisotopic (exact) mass is 527 g/mol. The number of carboxylic acids is 1. The Labute approximate surface area is 232 Å². The molecule has 0 saturated heterocycles. The number of hydrogen-bond donors (Lipinski definition) is 3. The van der Waals surface area contributed by atoms with Gasteiger partial charge in [-0.15, -0.1) is 0 Å². The minimum atomic E-state index is -0.873. The first-order chi connectivity index (χ1) is 19.0. The number of aliphatic carboxylic acids is 1. The van der Waals surface area contributed by atoms with E-state index in [0.717, 1.165) is 40.8 Å². The van der Waals surface area contributed by atoms with Gasteiger partial charge in [-0.05, 0) is 47.2 Å². The molecule has 3 rings (SSSR count). The normalized spacial score (nSPS) is 11.8. The van der Waals surface area contributed by atoms with Gasteiger partial charge in [-0.2, -0.15) is 0 Å². The van der Waals surface area contributed by atoms with Crippen LogP contribution in [0.2, 0.25) is 0 Å². The van der Waals surface area contributed by atoms with Crippen molar-refractivity contribution in [2.75, 3.05) is 25.0 Å². The summed E-state index contributed by atoms with van der Waals surface area (Å²) in [6, 6.07) is 24.9. The second-order valence-corrected chi connectivity index (χ2v) is 9.77. The molecule has 3 N–H and O–H groups in total. The molecule has 0 bridgehead atoms. The molecule has 3 aromatic rings. The molecule has 1 unspecified atom stereocenters. The predicted molar refractivity (Wildman–Crippen MR) is 161 cm³/mol. The van der Waals surface area contributed by atoms with Crippen molar-refractivity contribution in [3.05, 3.63) is 96.1 Å². The quantitative estimate of drug-likeness (QED) is 0.191. The molecule has 1 atom stereocenters. The molecule has 0 aliphatic carbocycles. The molecule has 2 amide bonds. The molecule has 3 aromatic carbocycles. The van der Waals surface area contributed by atoms with E-state index in [1.807, 2.05) is 91.0 Å². The molecule has 0 fully saturated rings. The standard InChI is InChI=1S/C33H41N3O3/c1-3-4-5-6-10-22-35-33(39)36(2)30-17-11-16-29(25-30)28-20-18-27(19-21-28)24-31(32(37)38)34-23-12-15-26-13-8-7-9-14-26/h7-9,11-21,25,31,34H,3-6,10,22-24H2,1-2H3,(H,35,39)(H,37,38). The minimum absolute atomic E-state index is 0.108. The summed E-state index contributed by atoms with van der Waals surface area (Å²) in [5.41, 5.74) is 4.85. The van der Waals surface area contributed by atoms with Gasteiger partial charge in [0.1, 0.15) is 6.04 Å². The number of carbonyl (C=O) groups excluding carboxylic acids is 1. The van der Waals surface area contributed by atoms with Crippen molar-refractivity contribution >= 4 is 23.8 Å². The molecule has 39 heavy (non-hydrogen) atoms. The van der Waals surface area contributed by atoms with Gasteiger partial charge in [0.05, 0.1) is 0 Å². The van der Waals surface area contributed by atoms with Crippen molar-refractivity contribution < 1.29 is 14.7 Å². The Morgan fingerprint density at radius 3 is 2.36 bits per heavy atom. The first-order valence-corrected chi connectivity index (χ1v) is 13.9. The number of rotatable bonds is 15. The SMILES string of the molecule is CCCCCCCNC(=O)N(C)c1cccc(-c2ccc(CC(NCC=Cc3ccccc3)C(=O)O)cc2)c1. The van der Waals surface area contributed by atoms with E-state index in [0.29, 0.717) is 19.5 Å². The van der Waals surface area contributed by atoms with E-state index in [-0.39, 0.29) is 6.03 Å². The number of carbonyl (C=O) groups is 2. The summed E-state index contributed by atoms with van der Waals surface area (Å²) in [6.07, 6.45) is 10.1. The predicted octanol–water partition coefficient (Wildman–Crippen LogP) is 6.77. The molecule has 0 aliphatic heterocycles. The lowest BCUT2D eigenvalue weighted by molar-refractivity contribution is -0.139. The van der Waals surface area contributed by atoms with E-state index in [1.54, 1.807) is 11.9 Å². The number of unbranched alkanes of at least 4 members (excludes halogenated alkanes) is 4.